The van der Waals surface area contributed by atoms with E-state index in [-0.39, 0.29) is 6.04 Å². The van der Waals surface area contributed by atoms with E-state index in [1.54, 1.807) is 0 Å². The minimum absolute atomic E-state index is 0.277. The highest BCUT2D eigenvalue weighted by Crippen LogP contribution is 2.05. The zero-order chi connectivity index (χ0) is 13.4. The SMILES string of the molecule is C=CC[C@H](C#Cc1ccc(C)cc1)N(CC)CC. The summed E-state index contributed by atoms with van der Waals surface area (Å²) in [5.74, 6) is 6.63. The molecule has 0 saturated heterocycles. The number of benzene rings is 1. The number of nitrogens with zero attached hydrogens (tertiary/aromatic N) is 1. The van der Waals surface area contributed by atoms with E-state index in [4.69, 9.17) is 0 Å². The van der Waals surface area contributed by atoms with E-state index in [0.29, 0.717) is 0 Å². The number of rotatable bonds is 5. The molecular formula is C17H23N. The highest BCUT2D eigenvalue weighted by molar-refractivity contribution is 5.36. The quantitative estimate of drug-likeness (QED) is 0.562. The van der Waals surface area contributed by atoms with Gasteiger partial charge in [0.25, 0.3) is 0 Å². The smallest absolute Gasteiger partial charge is 0.0752 e. The van der Waals surface area contributed by atoms with Crippen molar-refractivity contribution in [3.8, 4) is 11.8 Å². The van der Waals surface area contributed by atoms with Gasteiger partial charge in [-0.2, -0.15) is 0 Å². The van der Waals surface area contributed by atoms with Crippen LogP contribution in [0.5, 0.6) is 0 Å². The molecule has 0 aliphatic heterocycles. The van der Waals surface area contributed by atoms with Crippen LogP contribution >= 0.6 is 0 Å². The first kappa shape index (κ1) is 14.5. The van der Waals surface area contributed by atoms with Gasteiger partial charge in [0.1, 0.15) is 0 Å². The standard InChI is InChI=1S/C17H23N/c1-5-8-17(18(6-2)7-3)14-13-16-11-9-15(4)10-12-16/h5,9-12,17H,1,6-8H2,2-4H3/t17-/m1/s1. The van der Waals surface area contributed by atoms with Crippen LogP contribution in [0.3, 0.4) is 0 Å². The van der Waals surface area contributed by atoms with Gasteiger partial charge in [0.2, 0.25) is 0 Å². The van der Waals surface area contributed by atoms with Crippen molar-refractivity contribution in [1.29, 1.82) is 0 Å². The van der Waals surface area contributed by atoms with E-state index in [9.17, 15) is 0 Å². The van der Waals surface area contributed by atoms with E-state index in [1.165, 1.54) is 5.56 Å². The molecule has 1 nitrogen and oxygen atoms in total. The molecule has 96 valence electrons. The lowest BCUT2D eigenvalue weighted by Gasteiger charge is -2.24. The normalized spacial score (nSPS) is 11.8. The van der Waals surface area contributed by atoms with Crippen LogP contribution < -0.4 is 0 Å². The lowest BCUT2D eigenvalue weighted by atomic mass is 10.1. The van der Waals surface area contributed by atoms with Gasteiger partial charge in [-0.3, -0.25) is 4.90 Å². The summed E-state index contributed by atoms with van der Waals surface area (Å²) < 4.78 is 0. The van der Waals surface area contributed by atoms with E-state index < -0.39 is 0 Å². The average molecular weight is 241 g/mol. The first-order chi connectivity index (χ1) is 8.71. The van der Waals surface area contributed by atoms with E-state index >= 15 is 0 Å². The molecular weight excluding hydrogens is 218 g/mol. The summed E-state index contributed by atoms with van der Waals surface area (Å²) in [5.41, 5.74) is 2.36. The zero-order valence-corrected chi connectivity index (χ0v) is 11.7. The van der Waals surface area contributed by atoms with Crippen molar-refractivity contribution in [2.24, 2.45) is 0 Å². The molecule has 0 aliphatic rings. The highest BCUT2D eigenvalue weighted by atomic mass is 15.1. The Balaban J connectivity index is 2.83. The summed E-state index contributed by atoms with van der Waals surface area (Å²) >= 11 is 0. The molecule has 1 rings (SSSR count). The summed E-state index contributed by atoms with van der Waals surface area (Å²) in [6.45, 7) is 12.3. The van der Waals surface area contributed by atoms with Crippen LogP contribution in [0, 0.1) is 18.8 Å². The minimum atomic E-state index is 0.277. The molecule has 0 spiro atoms. The van der Waals surface area contributed by atoms with Gasteiger partial charge in [-0.15, -0.1) is 6.58 Å². The fraction of sp³-hybridized carbons (Fsp3) is 0.412. The van der Waals surface area contributed by atoms with Crippen LogP contribution in [-0.4, -0.2) is 24.0 Å². The molecule has 0 aromatic heterocycles. The maximum atomic E-state index is 3.82. The van der Waals surface area contributed by atoms with E-state index in [0.717, 1.165) is 25.1 Å². The molecule has 0 N–H and O–H groups in total. The Labute approximate surface area is 112 Å². The van der Waals surface area contributed by atoms with Crippen LogP contribution in [0.15, 0.2) is 36.9 Å². The Bertz CT molecular complexity index is 415. The fourth-order valence-electron chi connectivity index (χ4n) is 1.93. The van der Waals surface area contributed by atoms with Crippen molar-refractivity contribution in [2.45, 2.75) is 33.2 Å². The van der Waals surface area contributed by atoms with Gasteiger partial charge in [-0.25, -0.2) is 0 Å². The second-order valence-electron chi connectivity index (χ2n) is 4.40. The number of hydrogen-bond acceptors (Lipinski definition) is 1. The lowest BCUT2D eigenvalue weighted by Crippen LogP contribution is -2.33. The zero-order valence-electron chi connectivity index (χ0n) is 11.7. The largest absolute Gasteiger partial charge is 0.290 e. The molecule has 18 heavy (non-hydrogen) atoms. The van der Waals surface area contributed by atoms with E-state index in [1.807, 2.05) is 6.08 Å². The molecule has 1 aromatic rings. The second-order valence-corrected chi connectivity index (χ2v) is 4.40. The van der Waals surface area contributed by atoms with E-state index in [2.05, 4.69) is 68.4 Å². The van der Waals surface area contributed by atoms with Crippen molar-refractivity contribution >= 4 is 0 Å². The van der Waals surface area contributed by atoms with Crippen LogP contribution in [0.2, 0.25) is 0 Å². The van der Waals surface area contributed by atoms with Crippen LogP contribution in [0.1, 0.15) is 31.4 Å². The molecule has 0 saturated carbocycles. The molecule has 0 aliphatic carbocycles. The summed E-state index contributed by atoms with van der Waals surface area (Å²) in [5, 5.41) is 0. The van der Waals surface area contributed by atoms with Gasteiger partial charge < -0.3 is 0 Å². The summed E-state index contributed by atoms with van der Waals surface area (Å²) in [7, 11) is 0. The van der Waals surface area contributed by atoms with Crippen LogP contribution in [0.25, 0.3) is 0 Å². The Morgan fingerprint density at radius 1 is 1.22 bits per heavy atom. The first-order valence-corrected chi connectivity index (χ1v) is 6.64. The molecule has 0 heterocycles. The summed E-state index contributed by atoms with van der Waals surface area (Å²) in [6.07, 6.45) is 2.87. The summed E-state index contributed by atoms with van der Waals surface area (Å²) in [6, 6.07) is 8.64. The van der Waals surface area contributed by atoms with Crippen LogP contribution in [-0.2, 0) is 0 Å². The first-order valence-electron chi connectivity index (χ1n) is 6.64. The number of aryl methyl sites for hydroxylation is 1. The average Bonchev–Trinajstić information content (AvgIpc) is 2.39. The predicted molar refractivity (Wildman–Crippen MR) is 79.6 cm³/mol. The molecule has 0 amide bonds. The summed E-state index contributed by atoms with van der Waals surface area (Å²) in [4.78, 5) is 2.36. The van der Waals surface area contributed by atoms with Gasteiger partial charge in [0, 0.05) is 5.56 Å². The maximum Gasteiger partial charge on any atom is 0.0752 e. The Hall–Kier alpha value is -1.52. The van der Waals surface area contributed by atoms with Gasteiger partial charge in [0.15, 0.2) is 0 Å². The molecule has 0 radical (unpaired) electrons. The second kappa shape index (κ2) is 7.74. The molecule has 1 heteroatoms. The Morgan fingerprint density at radius 2 is 1.83 bits per heavy atom. The fourth-order valence-corrected chi connectivity index (χ4v) is 1.93. The third-order valence-corrected chi connectivity index (χ3v) is 3.08. The van der Waals surface area contributed by atoms with Crippen molar-refractivity contribution in [1.82, 2.24) is 4.90 Å². The molecule has 1 atom stereocenters. The monoisotopic (exact) mass is 241 g/mol. The topological polar surface area (TPSA) is 3.24 Å². The predicted octanol–water partition coefficient (Wildman–Crippen LogP) is 3.63. The lowest BCUT2D eigenvalue weighted by molar-refractivity contribution is 0.262. The van der Waals surface area contributed by atoms with Gasteiger partial charge in [-0.05, 0) is 38.6 Å². The molecule has 0 fully saturated rings. The van der Waals surface area contributed by atoms with Crippen molar-refractivity contribution in [2.75, 3.05) is 13.1 Å². The third-order valence-electron chi connectivity index (χ3n) is 3.08. The Morgan fingerprint density at radius 3 is 2.33 bits per heavy atom. The van der Waals surface area contributed by atoms with Crippen molar-refractivity contribution in [3.63, 3.8) is 0 Å². The number of hydrogen-bond donors (Lipinski definition) is 0. The van der Waals surface area contributed by atoms with Crippen LogP contribution in [0.4, 0.5) is 0 Å². The van der Waals surface area contributed by atoms with Gasteiger partial charge in [0.05, 0.1) is 6.04 Å². The third kappa shape index (κ3) is 4.39. The molecule has 0 bridgehead atoms. The van der Waals surface area contributed by atoms with Crippen molar-refractivity contribution in [3.05, 3.63) is 48.0 Å². The minimum Gasteiger partial charge on any atom is -0.290 e. The Kier molecular flexibility index (Phi) is 6.25. The molecule has 1 aromatic carbocycles. The van der Waals surface area contributed by atoms with Gasteiger partial charge in [-0.1, -0.05) is 49.5 Å². The maximum absolute atomic E-state index is 3.82. The van der Waals surface area contributed by atoms with Crippen molar-refractivity contribution < 1.29 is 0 Å². The highest BCUT2D eigenvalue weighted by Gasteiger charge is 2.10. The molecule has 0 unspecified atom stereocenters. The van der Waals surface area contributed by atoms with Gasteiger partial charge >= 0.3 is 0 Å².